The zero-order valence-corrected chi connectivity index (χ0v) is 11.9. The van der Waals surface area contributed by atoms with Gasteiger partial charge in [0.25, 0.3) is 0 Å². The maximum atomic E-state index is 12.0. The summed E-state index contributed by atoms with van der Waals surface area (Å²) in [6.45, 7) is 0. The Bertz CT molecular complexity index is 528. The molecule has 0 unspecified atom stereocenters. The molecule has 3 saturated carbocycles. The van der Waals surface area contributed by atoms with Gasteiger partial charge in [-0.2, -0.15) is 0 Å². The summed E-state index contributed by atoms with van der Waals surface area (Å²) < 4.78 is 0.946. The molecule has 4 rings (SSSR count). The summed E-state index contributed by atoms with van der Waals surface area (Å²) in [7, 11) is 0. The van der Waals surface area contributed by atoms with E-state index >= 15 is 0 Å². The van der Waals surface area contributed by atoms with Gasteiger partial charge in [0.1, 0.15) is 5.78 Å². The number of nitro groups is 1. The fraction of sp³-hybridized carbons (Fsp3) is 0.500. The van der Waals surface area contributed by atoms with Crippen molar-refractivity contribution in [3.8, 4) is 0 Å². The Morgan fingerprint density at radius 3 is 2.47 bits per heavy atom. The molecular weight excluding hydrogens is 310 g/mol. The van der Waals surface area contributed by atoms with Crippen LogP contribution >= 0.6 is 15.9 Å². The van der Waals surface area contributed by atoms with Gasteiger partial charge >= 0.3 is 0 Å². The van der Waals surface area contributed by atoms with Crippen molar-refractivity contribution in [2.24, 2.45) is 11.8 Å². The molecule has 4 nitrogen and oxygen atoms in total. The molecule has 0 aliphatic heterocycles. The average Bonchev–Trinajstić information content (AvgIpc) is 2.39. The fourth-order valence-corrected chi connectivity index (χ4v) is 3.95. The van der Waals surface area contributed by atoms with E-state index < -0.39 is 6.04 Å². The third kappa shape index (κ3) is 2.10. The molecule has 5 heteroatoms. The SMILES string of the molecule is O=C1C[C@@H]2CC[C@H]1[C@H](c1ccc(Br)cc1)[C@H]2[N+](=O)[O-]. The molecule has 3 fully saturated rings. The highest BCUT2D eigenvalue weighted by molar-refractivity contribution is 9.10. The number of hydrogen-bond acceptors (Lipinski definition) is 3. The van der Waals surface area contributed by atoms with Gasteiger partial charge in [0.15, 0.2) is 0 Å². The lowest BCUT2D eigenvalue weighted by molar-refractivity contribution is -0.542. The van der Waals surface area contributed by atoms with Gasteiger partial charge in [0.05, 0.1) is 5.92 Å². The summed E-state index contributed by atoms with van der Waals surface area (Å²) in [6.07, 6.45) is 2.01. The third-order valence-corrected chi connectivity index (χ3v) is 5.04. The molecule has 2 bridgehead atoms. The summed E-state index contributed by atoms with van der Waals surface area (Å²) in [4.78, 5) is 23.3. The largest absolute Gasteiger partial charge is 0.299 e. The number of Topliss-reactive ketones (excluding diaryl/α,β-unsaturated/α-hetero) is 1. The predicted molar refractivity (Wildman–Crippen MR) is 73.5 cm³/mol. The van der Waals surface area contributed by atoms with Crippen molar-refractivity contribution in [2.75, 3.05) is 0 Å². The fourth-order valence-electron chi connectivity index (χ4n) is 3.69. The first-order valence-electron chi connectivity index (χ1n) is 6.49. The molecule has 3 aliphatic rings. The average molecular weight is 324 g/mol. The van der Waals surface area contributed by atoms with Crippen LogP contribution in [0.4, 0.5) is 0 Å². The summed E-state index contributed by atoms with van der Waals surface area (Å²) in [5, 5.41) is 11.4. The van der Waals surface area contributed by atoms with Gasteiger partial charge in [-0.3, -0.25) is 14.9 Å². The highest BCUT2D eigenvalue weighted by atomic mass is 79.9. The van der Waals surface area contributed by atoms with E-state index in [2.05, 4.69) is 15.9 Å². The zero-order chi connectivity index (χ0) is 13.6. The summed E-state index contributed by atoms with van der Waals surface area (Å²) >= 11 is 3.37. The molecule has 0 N–H and O–H groups in total. The molecule has 3 aliphatic carbocycles. The van der Waals surface area contributed by atoms with Crippen molar-refractivity contribution >= 4 is 21.7 Å². The van der Waals surface area contributed by atoms with Gasteiger partial charge in [0, 0.05) is 27.7 Å². The molecular formula is C14H14BrNO3. The van der Waals surface area contributed by atoms with Gasteiger partial charge in [-0.25, -0.2) is 0 Å². The second-order valence-electron chi connectivity index (χ2n) is 5.47. The summed E-state index contributed by atoms with van der Waals surface area (Å²) in [5.41, 5.74) is 0.924. The topological polar surface area (TPSA) is 60.2 Å². The Kier molecular flexibility index (Phi) is 3.17. The maximum absolute atomic E-state index is 12.0. The van der Waals surface area contributed by atoms with E-state index in [-0.39, 0.29) is 28.5 Å². The zero-order valence-electron chi connectivity index (χ0n) is 10.3. The first-order chi connectivity index (χ1) is 9.08. The third-order valence-electron chi connectivity index (χ3n) is 4.51. The van der Waals surface area contributed by atoms with E-state index in [0.29, 0.717) is 6.42 Å². The molecule has 0 saturated heterocycles. The van der Waals surface area contributed by atoms with E-state index in [4.69, 9.17) is 0 Å². The second kappa shape index (κ2) is 4.71. The Morgan fingerprint density at radius 2 is 1.89 bits per heavy atom. The highest BCUT2D eigenvalue weighted by Crippen LogP contribution is 2.49. The monoisotopic (exact) mass is 323 g/mol. The normalized spacial score (nSPS) is 33.4. The number of benzene rings is 1. The predicted octanol–water partition coefficient (Wildman–Crippen LogP) is 3.18. The smallest absolute Gasteiger partial charge is 0.223 e. The van der Waals surface area contributed by atoms with Gasteiger partial charge in [-0.1, -0.05) is 28.1 Å². The molecule has 0 aromatic heterocycles. The molecule has 100 valence electrons. The number of ketones is 1. The van der Waals surface area contributed by atoms with Crippen LogP contribution in [0.5, 0.6) is 0 Å². The Labute approximate surface area is 119 Å². The van der Waals surface area contributed by atoms with Crippen LogP contribution in [0.2, 0.25) is 0 Å². The van der Waals surface area contributed by atoms with E-state index in [9.17, 15) is 14.9 Å². The van der Waals surface area contributed by atoms with Crippen LogP contribution in [0.3, 0.4) is 0 Å². The number of fused-ring (bicyclic) bond motifs is 3. The number of carbonyl (C=O) groups excluding carboxylic acids is 1. The van der Waals surface area contributed by atoms with Crippen molar-refractivity contribution in [3.05, 3.63) is 44.4 Å². The number of nitrogens with zero attached hydrogens (tertiary/aromatic N) is 1. The quantitative estimate of drug-likeness (QED) is 0.620. The minimum Gasteiger partial charge on any atom is -0.299 e. The van der Waals surface area contributed by atoms with Crippen LogP contribution in [0.15, 0.2) is 28.7 Å². The van der Waals surface area contributed by atoms with E-state index in [1.165, 1.54) is 0 Å². The van der Waals surface area contributed by atoms with Crippen LogP contribution in [0.25, 0.3) is 0 Å². The molecule has 0 amide bonds. The Morgan fingerprint density at radius 1 is 1.21 bits per heavy atom. The molecule has 1 aromatic carbocycles. The maximum Gasteiger partial charge on any atom is 0.223 e. The first kappa shape index (κ1) is 12.8. The van der Waals surface area contributed by atoms with Crippen LogP contribution in [-0.2, 0) is 4.79 Å². The number of halogens is 1. The number of rotatable bonds is 2. The molecule has 1 aromatic rings. The molecule has 4 atom stereocenters. The van der Waals surface area contributed by atoms with Crippen LogP contribution in [-0.4, -0.2) is 16.7 Å². The van der Waals surface area contributed by atoms with Crippen LogP contribution in [0, 0.1) is 22.0 Å². The Balaban J connectivity index is 2.02. The Hall–Kier alpha value is -1.23. The van der Waals surface area contributed by atoms with Crippen LogP contribution in [0.1, 0.15) is 30.7 Å². The molecule has 0 spiro atoms. The van der Waals surface area contributed by atoms with Crippen molar-refractivity contribution in [3.63, 3.8) is 0 Å². The van der Waals surface area contributed by atoms with Crippen LogP contribution < -0.4 is 0 Å². The lowest BCUT2D eigenvalue weighted by Crippen LogP contribution is -2.50. The number of carbonyl (C=O) groups is 1. The van der Waals surface area contributed by atoms with E-state index in [0.717, 1.165) is 22.9 Å². The van der Waals surface area contributed by atoms with Gasteiger partial charge in [-0.05, 0) is 30.5 Å². The first-order valence-corrected chi connectivity index (χ1v) is 7.29. The minimum atomic E-state index is -0.599. The van der Waals surface area contributed by atoms with Gasteiger partial charge in [0.2, 0.25) is 6.04 Å². The van der Waals surface area contributed by atoms with Crippen molar-refractivity contribution in [1.29, 1.82) is 0 Å². The summed E-state index contributed by atoms with van der Waals surface area (Å²) in [5.74, 6) is -0.284. The molecule has 19 heavy (non-hydrogen) atoms. The number of hydrogen-bond donors (Lipinski definition) is 0. The van der Waals surface area contributed by atoms with Crippen molar-refractivity contribution in [1.82, 2.24) is 0 Å². The van der Waals surface area contributed by atoms with Crippen molar-refractivity contribution < 1.29 is 9.72 Å². The lowest BCUT2D eigenvalue weighted by atomic mass is 9.59. The van der Waals surface area contributed by atoms with E-state index in [1.807, 2.05) is 24.3 Å². The lowest BCUT2D eigenvalue weighted by Gasteiger charge is -2.42. The second-order valence-corrected chi connectivity index (χ2v) is 6.38. The van der Waals surface area contributed by atoms with E-state index in [1.54, 1.807) is 0 Å². The molecule has 0 radical (unpaired) electrons. The summed E-state index contributed by atoms with van der Waals surface area (Å²) in [6, 6.07) is 6.98. The molecule has 0 heterocycles. The highest BCUT2D eigenvalue weighted by Gasteiger charge is 2.54. The van der Waals surface area contributed by atoms with Crippen molar-refractivity contribution in [2.45, 2.75) is 31.2 Å². The van der Waals surface area contributed by atoms with Gasteiger partial charge < -0.3 is 0 Å². The standard InChI is InChI=1S/C14H14BrNO3/c15-10-4-1-8(2-5-10)13-11-6-3-9(7-12(11)17)14(13)16(18)19/h1-2,4-5,9,11,13-14H,3,6-7H2/t9-,11+,13-,14-/m0/s1. The van der Waals surface area contributed by atoms with Gasteiger partial charge in [-0.15, -0.1) is 0 Å². The minimum absolute atomic E-state index is 0.0823.